The van der Waals surface area contributed by atoms with Crippen LogP contribution in [0.15, 0.2) is 0 Å². The van der Waals surface area contributed by atoms with E-state index in [4.69, 9.17) is 15.2 Å². The van der Waals surface area contributed by atoms with Crippen LogP contribution in [0, 0.1) is 11.3 Å². The molecule has 0 radical (unpaired) electrons. The molecule has 4 heteroatoms. The molecular formula is C15H29NO3. The van der Waals surface area contributed by atoms with Crippen LogP contribution in [0.1, 0.15) is 52.4 Å². The van der Waals surface area contributed by atoms with E-state index in [1.54, 1.807) is 0 Å². The number of ether oxygens (including phenoxy) is 2. The largest absolute Gasteiger partial charge is 0.463 e. The van der Waals surface area contributed by atoms with Crippen molar-refractivity contribution in [1.29, 1.82) is 0 Å². The Morgan fingerprint density at radius 2 is 1.79 bits per heavy atom. The van der Waals surface area contributed by atoms with Crippen molar-refractivity contribution in [2.45, 2.75) is 52.4 Å². The van der Waals surface area contributed by atoms with Crippen molar-refractivity contribution in [2.75, 3.05) is 26.4 Å². The van der Waals surface area contributed by atoms with E-state index < -0.39 is 5.41 Å². The van der Waals surface area contributed by atoms with Gasteiger partial charge in [0.1, 0.15) is 6.61 Å². The lowest BCUT2D eigenvalue weighted by molar-refractivity contribution is -0.158. The average Bonchev–Trinajstić information content (AvgIpc) is 2.64. The third-order valence-electron chi connectivity index (χ3n) is 3.80. The zero-order valence-electron chi connectivity index (χ0n) is 12.5. The summed E-state index contributed by atoms with van der Waals surface area (Å²) in [6.45, 7) is 6.12. The zero-order chi connectivity index (χ0) is 14.1. The van der Waals surface area contributed by atoms with Crippen molar-refractivity contribution >= 4 is 5.97 Å². The van der Waals surface area contributed by atoms with E-state index in [-0.39, 0.29) is 5.97 Å². The summed E-state index contributed by atoms with van der Waals surface area (Å²) in [7, 11) is 0. The van der Waals surface area contributed by atoms with E-state index in [9.17, 15) is 4.79 Å². The summed E-state index contributed by atoms with van der Waals surface area (Å²) in [6.07, 6.45) is 6.30. The SMILES string of the molecule is CC(C)COCCOC(=O)C1(CN)CCCCCC1. The topological polar surface area (TPSA) is 61.5 Å². The summed E-state index contributed by atoms with van der Waals surface area (Å²) in [5.74, 6) is 0.387. The molecular weight excluding hydrogens is 242 g/mol. The molecule has 4 nitrogen and oxygen atoms in total. The maximum atomic E-state index is 12.2. The van der Waals surface area contributed by atoms with E-state index in [2.05, 4.69) is 13.8 Å². The Kier molecular flexibility index (Phi) is 7.39. The number of carbonyl (C=O) groups is 1. The second-order valence-corrected chi connectivity index (χ2v) is 6.00. The van der Waals surface area contributed by atoms with Crippen molar-refractivity contribution in [3.63, 3.8) is 0 Å². The molecule has 1 fully saturated rings. The van der Waals surface area contributed by atoms with Crippen LogP contribution in [0.4, 0.5) is 0 Å². The molecule has 0 atom stereocenters. The predicted octanol–water partition coefficient (Wildman–Crippen LogP) is 2.50. The van der Waals surface area contributed by atoms with Crippen LogP contribution in [0.5, 0.6) is 0 Å². The van der Waals surface area contributed by atoms with E-state index in [1.807, 2.05) is 0 Å². The fourth-order valence-corrected chi connectivity index (χ4v) is 2.56. The molecule has 0 aromatic carbocycles. The van der Waals surface area contributed by atoms with Crippen LogP contribution < -0.4 is 5.73 Å². The van der Waals surface area contributed by atoms with Crippen LogP contribution >= 0.6 is 0 Å². The first-order chi connectivity index (χ1) is 9.10. The van der Waals surface area contributed by atoms with Crippen molar-refractivity contribution in [3.05, 3.63) is 0 Å². The number of carbonyl (C=O) groups excluding carboxylic acids is 1. The van der Waals surface area contributed by atoms with Crippen LogP contribution in [0.3, 0.4) is 0 Å². The standard InChI is InChI=1S/C15H29NO3/c1-13(2)11-18-9-10-19-14(17)15(12-16)7-5-3-4-6-8-15/h13H,3-12,16H2,1-2H3. The Bertz CT molecular complexity index is 258. The molecule has 0 aliphatic heterocycles. The Balaban J connectivity index is 2.32. The highest BCUT2D eigenvalue weighted by Gasteiger charge is 2.38. The summed E-state index contributed by atoms with van der Waals surface area (Å²) in [5, 5.41) is 0. The van der Waals surface area contributed by atoms with Crippen molar-refractivity contribution in [3.8, 4) is 0 Å². The summed E-state index contributed by atoms with van der Waals surface area (Å²) in [4.78, 5) is 12.2. The Morgan fingerprint density at radius 1 is 1.16 bits per heavy atom. The summed E-state index contributed by atoms with van der Waals surface area (Å²) < 4.78 is 10.8. The Morgan fingerprint density at radius 3 is 2.32 bits per heavy atom. The van der Waals surface area contributed by atoms with Gasteiger partial charge in [0.2, 0.25) is 0 Å². The number of hydrogen-bond acceptors (Lipinski definition) is 4. The molecule has 0 aromatic rings. The van der Waals surface area contributed by atoms with Gasteiger partial charge < -0.3 is 15.2 Å². The second-order valence-electron chi connectivity index (χ2n) is 6.00. The molecule has 0 saturated heterocycles. The molecule has 0 bridgehead atoms. The number of rotatable bonds is 7. The molecule has 19 heavy (non-hydrogen) atoms. The zero-order valence-corrected chi connectivity index (χ0v) is 12.5. The predicted molar refractivity (Wildman–Crippen MR) is 75.8 cm³/mol. The van der Waals surface area contributed by atoms with Gasteiger partial charge in [0.25, 0.3) is 0 Å². The first-order valence-electron chi connectivity index (χ1n) is 7.56. The van der Waals surface area contributed by atoms with Gasteiger partial charge in [-0.2, -0.15) is 0 Å². The molecule has 112 valence electrons. The fourth-order valence-electron chi connectivity index (χ4n) is 2.56. The van der Waals surface area contributed by atoms with E-state index in [0.29, 0.717) is 32.3 Å². The van der Waals surface area contributed by atoms with Gasteiger partial charge in [0, 0.05) is 13.2 Å². The van der Waals surface area contributed by atoms with E-state index in [1.165, 1.54) is 12.8 Å². The van der Waals surface area contributed by atoms with Crippen LogP contribution in [-0.2, 0) is 14.3 Å². The highest BCUT2D eigenvalue weighted by molar-refractivity contribution is 5.77. The monoisotopic (exact) mass is 271 g/mol. The molecule has 0 heterocycles. The molecule has 1 aliphatic rings. The van der Waals surface area contributed by atoms with Crippen molar-refractivity contribution < 1.29 is 14.3 Å². The lowest BCUT2D eigenvalue weighted by atomic mass is 9.80. The van der Waals surface area contributed by atoms with E-state index in [0.717, 1.165) is 25.7 Å². The van der Waals surface area contributed by atoms with Crippen molar-refractivity contribution in [2.24, 2.45) is 17.1 Å². The van der Waals surface area contributed by atoms with Gasteiger partial charge in [-0.05, 0) is 18.8 Å². The number of hydrogen-bond donors (Lipinski definition) is 1. The summed E-state index contributed by atoms with van der Waals surface area (Å²) >= 11 is 0. The van der Waals surface area contributed by atoms with Crippen LogP contribution in [-0.4, -0.2) is 32.3 Å². The summed E-state index contributed by atoms with van der Waals surface area (Å²) in [5.41, 5.74) is 5.41. The van der Waals surface area contributed by atoms with Crippen molar-refractivity contribution in [1.82, 2.24) is 0 Å². The van der Waals surface area contributed by atoms with Gasteiger partial charge in [0.05, 0.1) is 12.0 Å². The molecule has 1 rings (SSSR count). The second kappa shape index (κ2) is 8.54. The minimum absolute atomic E-state index is 0.120. The molecule has 0 unspecified atom stereocenters. The fraction of sp³-hybridized carbons (Fsp3) is 0.933. The number of esters is 1. The summed E-state index contributed by atoms with van der Waals surface area (Å²) in [6, 6.07) is 0. The molecule has 0 amide bonds. The lowest BCUT2D eigenvalue weighted by Gasteiger charge is -2.28. The normalized spacial score (nSPS) is 19.2. The minimum Gasteiger partial charge on any atom is -0.463 e. The van der Waals surface area contributed by atoms with Gasteiger partial charge in [-0.15, -0.1) is 0 Å². The highest BCUT2D eigenvalue weighted by atomic mass is 16.6. The third kappa shape index (κ3) is 5.49. The van der Waals surface area contributed by atoms with E-state index >= 15 is 0 Å². The molecule has 1 aliphatic carbocycles. The van der Waals surface area contributed by atoms with Crippen LogP contribution in [0.25, 0.3) is 0 Å². The smallest absolute Gasteiger partial charge is 0.313 e. The third-order valence-corrected chi connectivity index (χ3v) is 3.80. The molecule has 0 aromatic heterocycles. The maximum absolute atomic E-state index is 12.2. The first-order valence-corrected chi connectivity index (χ1v) is 7.56. The lowest BCUT2D eigenvalue weighted by Crippen LogP contribution is -2.40. The Labute approximate surface area is 117 Å². The molecule has 1 saturated carbocycles. The molecule has 0 spiro atoms. The quantitative estimate of drug-likeness (QED) is 0.439. The van der Waals surface area contributed by atoms with Gasteiger partial charge >= 0.3 is 5.97 Å². The first kappa shape index (κ1) is 16.4. The highest BCUT2D eigenvalue weighted by Crippen LogP contribution is 2.35. The average molecular weight is 271 g/mol. The van der Waals surface area contributed by atoms with Gasteiger partial charge in [-0.25, -0.2) is 0 Å². The minimum atomic E-state index is -0.436. The Hall–Kier alpha value is -0.610. The van der Waals surface area contributed by atoms with Gasteiger partial charge in [0.15, 0.2) is 0 Å². The number of nitrogens with two attached hydrogens (primary N) is 1. The van der Waals surface area contributed by atoms with Gasteiger partial charge in [-0.3, -0.25) is 4.79 Å². The molecule has 2 N–H and O–H groups in total. The maximum Gasteiger partial charge on any atom is 0.313 e. The van der Waals surface area contributed by atoms with Crippen LogP contribution in [0.2, 0.25) is 0 Å². The van der Waals surface area contributed by atoms with Gasteiger partial charge in [-0.1, -0.05) is 39.5 Å².